The van der Waals surface area contributed by atoms with Crippen LogP contribution >= 0.6 is 0 Å². The summed E-state index contributed by atoms with van der Waals surface area (Å²) >= 11 is 0. The molecule has 140 valence electrons. The molecule has 0 aromatic heterocycles. The molecular formula is C21H41N3. The Labute approximate surface area is 150 Å². The number of guanidine groups is 1. The van der Waals surface area contributed by atoms with Gasteiger partial charge in [0.2, 0.25) is 0 Å². The second-order valence-electron chi connectivity index (χ2n) is 8.12. The highest BCUT2D eigenvalue weighted by molar-refractivity contribution is 5.79. The molecule has 0 aromatic rings. The van der Waals surface area contributed by atoms with Crippen molar-refractivity contribution >= 4 is 5.96 Å². The van der Waals surface area contributed by atoms with Gasteiger partial charge in [-0.05, 0) is 25.2 Å². The van der Waals surface area contributed by atoms with Crippen LogP contribution in [0.3, 0.4) is 0 Å². The fraction of sp³-hybridized carbons (Fsp3) is 0.952. The van der Waals surface area contributed by atoms with E-state index in [0.29, 0.717) is 6.04 Å². The van der Waals surface area contributed by atoms with Gasteiger partial charge in [0.25, 0.3) is 0 Å². The van der Waals surface area contributed by atoms with E-state index in [0.717, 1.165) is 31.5 Å². The Kier molecular flexibility index (Phi) is 8.98. The molecular weight excluding hydrogens is 294 g/mol. The summed E-state index contributed by atoms with van der Waals surface area (Å²) in [6.45, 7) is 7.85. The molecule has 3 nitrogen and oxygen atoms in total. The molecule has 0 radical (unpaired) electrons. The first-order chi connectivity index (χ1) is 11.8. The lowest BCUT2D eigenvalue weighted by Gasteiger charge is -2.30. The third kappa shape index (κ3) is 5.97. The van der Waals surface area contributed by atoms with E-state index in [1.54, 1.807) is 0 Å². The average Bonchev–Trinajstić information content (AvgIpc) is 2.89. The van der Waals surface area contributed by atoms with Gasteiger partial charge in [0.05, 0.1) is 0 Å². The van der Waals surface area contributed by atoms with E-state index < -0.39 is 0 Å². The molecule has 0 aromatic carbocycles. The maximum atomic E-state index is 8.66. The summed E-state index contributed by atoms with van der Waals surface area (Å²) in [5.74, 6) is 1.75. The molecule has 1 N–H and O–H groups in total. The average molecular weight is 336 g/mol. The summed E-state index contributed by atoms with van der Waals surface area (Å²) in [5, 5.41) is 8.66. The van der Waals surface area contributed by atoms with E-state index in [9.17, 15) is 0 Å². The van der Waals surface area contributed by atoms with Gasteiger partial charge in [0, 0.05) is 25.7 Å². The van der Waals surface area contributed by atoms with Crippen molar-refractivity contribution in [2.75, 3.05) is 19.6 Å². The molecule has 1 unspecified atom stereocenters. The molecule has 1 aliphatic heterocycles. The topological polar surface area (TPSA) is 30.3 Å². The minimum absolute atomic E-state index is 0.614. The summed E-state index contributed by atoms with van der Waals surface area (Å²) < 4.78 is 0. The molecule has 3 heteroatoms. The zero-order valence-electron chi connectivity index (χ0n) is 16.4. The maximum absolute atomic E-state index is 8.66. The van der Waals surface area contributed by atoms with Crippen LogP contribution in [0.1, 0.15) is 97.3 Å². The molecule has 0 bridgehead atoms. The molecule has 2 aliphatic rings. The van der Waals surface area contributed by atoms with Crippen molar-refractivity contribution in [3.05, 3.63) is 0 Å². The molecule has 2 fully saturated rings. The first kappa shape index (κ1) is 19.6. The predicted octanol–water partition coefficient (Wildman–Crippen LogP) is 5.65. The van der Waals surface area contributed by atoms with Crippen LogP contribution in [0.15, 0.2) is 0 Å². The minimum atomic E-state index is 0.614. The quantitative estimate of drug-likeness (QED) is 0.495. The van der Waals surface area contributed by atoms with Gasteiger partial charge in [0.15, 0.2) is 5.96 Å². The molecule has 2 rings (SSSR count). The van der Waals surface area contributed by atoms with Gasteiger partial charge in [-0.3, -0.25) is 5.41 Å². The SMILES string of the molecule is CCCCCCCN1C(=N)N(CCCC)CC1CC1CCCCC1. The van der Waals surface area contributed by atoms with E-state index in [2.05, 4.69) is 23.6 Å². The Hall–Kier alpha value is -0.730. The van der Waals surface area contributed by atoms with Gasteiger partial charge >= 0.3 is 0 Å². The van der Waals surface area contributed by atoms with Crippen molar-refractivity contribution in [2.45, 2.75) is 103 Å². The van der Waals surface area contributed by atoms with Gasteiger partial charge in [-0.1, -0.05) is 78.1 Å². The van der Waals surface area contributed by atoms with Crippen molar-refractivity contribution in [3.63, 3.8) is 0 Å². The first-order valence-electron chi connectivity index (χ1n) is 10.9. The Bertz CT molecular complexity index is 349. The monoisotopic (exact) mass is 335 g/mol. The number of nitrogens with zero attached hydrogens (tertiary/aromatic N) is 2. The van der Waals surface area contributed by atoms with E-state index in [-0.39, 0.29) is 0 Å². The lowest BCUT2D eigenvalue weighted by molar-refractivity contribution is 0.241. The summed E-state index contributed by atoms with van der Waals surface area (Å²) in [5.41, 5.74) is 0. The normalized spacial score (nSPS) is 22.6. The second-order valence-corrected chi connectivity index (χ2v) is 8.12. The number of rotatable bonds is 11. The van der Waals surface area contributed by atoms with Crippen molar-refractivity contribution in [3.8, 4) is 0 Å². The maximum Gasteiger partial charge on any atom is 0.194 e. The Balaban J connectivity index is 1.85. The van der Waals surface area contributed by atoms with Crippen LogP contribution in [0, 0.1) is 11.3 Å². The Morgan fingerprint density at radius 2 is 1.58 bits per heavy atom. The van der Waals surface area contributed by atoms with Crippen LogP contribution in [-0.2, 0) is 0 Å². The predicted molar refractivity (Wildman–Crippen MR) is 105 cm³/mol. The highest BCUT2D eigenvalue weighted by Crippen LogP contribution is 2.31. The molecule has 0 amide bonds. The fourth-order valence-electron chi connectivity index (χ4n) is 4.52. The molecule has 0 spiro atoms. The lowest BCUT2D eigenvalue weighted by Crippen LogP contribution is -2.37. The highest BCUT2D eigenvalue weighted by Gasteiger charge is 2.35. The largest absolute Gasteiger partial charge is 0.341 e. The van der Waals surface area contributed by atoms with E-state index in [1.807, 2.05) is 0 Å². The summed E-state index contributed by atoms with van der Waals surface area (Å²) in [4.78, 5) is 4.83. The van der Waals surface area contributed by atoms with Crippen LogP contribution in [-0.4, -0.2) is 41.4 Å². The molecule has 1 saturated carbocycles. The van der Waals surface area contributed by atoms with E-state index >= 15 is 0 Å². The fourth-order valence-corrected chi connectivity index (χ4v) is 4.52. The second kappa shape index (κ2) is 11.0. The summed E-state index contributed by atoms with van der Waals surface area (Å²) in [6, 6.07) is 0.614. The van der Waals surface area contributed by atoms with Gasteiger partial charge in [0.1, 0.15) is 0 Å². The molecule has 1 atom stereocenters. The minimum Gasteiger partial charge on any atom is -0.341 e. The van der Waals surface area contributed by atoms with E-state index in [1.165, 1.54) is 83.5 Å². The van der Waals surface area contributed by atoms with Gasteiger partial charge in [-0.2, -0.15) is 0 Å². The molecule has 1 saturated heterocycles. The third-order valence-electron chi connectivity index (χ3n) is 6.06. The van der Waals surface area contributed by atoms with Crippen LogP contribution in [0.2, 0.25) is 0 Å². The zero-order valence-corrected chi connectivity index (χ0v) is 16.4. The Morgan fingerprint density at radius 3 is 2.29 bits per heavy atom. The number of hydrogen-bond donors (Lipinski definition) is 1. The third-order valence-corrected chi connectivity index (χ3v) is 6.06. The summed E-state index contributed by atoms with van der Waals surface area (Å²) in [7, 11) is 0. The number of hydrogen-bond acceptors (Lipinski definition) is 1. The van der Waals surface area contributed by atoms with Crippen LogP contribution in [0.5, 0.6) is 0 Å². The van der Waals surface area contributed by atoms with Gasteiger partial charge in [-0.15, -0.1) is 0 Å². The molecule has 24 heavy (non-hydrogen) atoms. The van der Waals surface area contributed by atoms with Crippen molar-refractivity contribution in [2.24, 2.45) is 5.92 Å². The first-order valence-corrected chi connectivity index (χ1v) is 10.9. The van der Waals surface area contributed by atoms with Crippen molar-refractivity contribution in [1.82, 2.24) is 9.80 Å². The lowest BCUT2D eigenvalue weighted by atomic mass is 9.84. The van der Waals surface area contributed by atoms with Gasteiger partial charge in [-0.25, -0.2) is 0 Å². The number of unbranched alkanes of at least 4 members (excludes halogenated alkanes) is 5. The van der Waals surface area contributed by atoms with Crippen LogP contribution in [0.4, 0.5) is 0 Å². The standard InChI is InChI=1S/C21H41N3/c1-3-5-7-8-12-16-24-20(17-19-13-10-9-11-14-19)18-23(21(24)22)15-6-4-2/h19-20,22H,3-18H2,1-2H3. The van der Waals surface area contributed by atoms with Crippen molar-refractivity contribution in [1.29, 1.82) is 5.41 Å². The smallest absolute Gasteiger partial charge is 0.194 e. The van der Waals surface area contributed by atoms with Crippen molar-refractivity contribution < 1.29 is 0 Å². The van der Waals surface area contributed by atoms with Crippen LogP contribution in [0.25, 0.3) is 0 Å². The summed E-state index contributed by atoms with van der Waals surface area (Å²) in [6.07, 6.45) is 17.6. The van der Waals surface area contributed by atoms with Gasteiger partial charge < -0.3 is 9.80 Å². The van der Waals surface area contributed by atoms with E-state index in [4.69, 9.17) is 5.41 Å². The highest BCUT2D eigenvalue weighted by atomic mass is 15.4. The van der Waals surface area contributed by atoms with Crippen LogP contribution < -0.4 is 0 Å². The Morgan fingerprint density at radius 1 is 0.875 bits per heavy atom. The zero-order chi connectivity index (χ0) is 17.2. The number of nitrogens with one attached hydrogen (secondary N) is 1. The molecule has 1 aliphatic carbocycles. The molecule has 1 heterocycles.